The Morgan fingerprint density at radius 1 is 1.09 bits per heavy atom. The fraction of sp³-hybridized carbons (Fsp3) is 0.300. The number of halogens is 1. The summed E-state index contributed by atoms with van der Waals surface area (Å²) < 4.78 is 1.06. The van der Waals surface area contributed by atoms with Crippen molar-refractivity contribution in [3.05, 3.63) is 87.9 Å². The second-order valence-electron chi connectivity index (χ2n) is 9.93. The van der Waals surface area contributed by atoms with Gasteiger partial charge >= 0.3 is 0 Å². The van der Waals surface area contributed by atoms with E-state index in [0.717, 1.165) is 47.2 Å². The Morgan fingerprint density at radius 3 is 2.77 bits per heavy atom. The number of carbonyl (C=O) groups is 1. The maximum Gasteiger partial charge on any atom is 0.223 e. The second kappa shape index (κ2) is 9.19. The molecule has 1 saturated heterocycles. The number of carbonyl (C=O) groups excluding carboxylic acids is 1. The summed E-state index contributed by atoms with van der Waals surface area (Å²) in [7, 11) is 0. The van der Waals surface area contributed by atoms with Gasteiger partial charge in [0.25, 0.3) is 0 Å². The molecule has 0 aliphatic carbocycles. The molecule has 35 heavy (non-hydrogen) atoms. The Bertz CT molecular complexity index is 1390. The fourth-order valence-corrected chi connectivity index (χ4v) is 6.12. The minimum Gasteiger partial charge on any atom is -0.366 e. The van der Waals surface area contributed by atoms with Gasteiger partial charge in [-0.2, -0.15) is 0 Å². The molecule has 1 amide bonds. The molecule has 0 bridgehead atoms. The molecule has 6 rings (SSSR count). The molecule has 178 valence electrons. The smallest absolute Gasteiger partial charge is 0.223 e. The number of fused-ring (bicyclic) bond motifs is 4. The first kappa shape index (κ1) is 22.4. The van der Waals surface area contributed by atoms with Gasteiger partial charge in [-0.25, -0.2) is 0 Å². The van der Waals surface area contributed by atoms with Gasteiger partial charge in [0, 0.05) is 58.9 Å². The van der Waals surface area contributed by atoms with Crippen LogP contribution in [0.1, 0.15) is 36.0 Å². The number of amides is 1. The van der Waals surface area contributed by atoms with Crippen molar-refractivity contribution in [3.8, 4) is 11.3 Å². The van der Waals surface area contributed by atoms with Crippen molar-refractivity contribution in [2.24, 2.45) is 0 Å². The molecule has 0 saturated carbocycles. The second-order valence-corrected chi connectivity index (χ2v) is 10.8. The van der Waals surface area contributed by atoms with Crippen LogP contribution in [0.5, 0.6) is 0 Å². The number of anilines is 1. The molecular weight excluding hydrogens is 498 g/mol. The topological polar surface area (TPSA) is 39.3 Å². The zero-order valence-electron chi connectivity index (χ0n) is 20.1. The first-order valence-electron chi connectivity index (χ1n) is 12.6. The summed E-state index contributed by atoms with van der Waals surface area (Å²) in [4.78, 5) is 21.9. The Balaban J connectivity index is 1.29. The van der Waals surface area contributed by atoms with Crippen LogP contribution in [-0.4, -0.2) is 34.9 Å². The van der Waals surface area contributed by atoms with E-state index in [0.29, 0.717) is 19.0 Å². The number of hydrogen-bond donors (Lipinski definition) is 1. The largest absolute Gasteiger partial charge is 0.366 e. The lowest BCUT2D eigenvalue weighted by Crippen LogP contribution is -2.40. The van der Waals surface area contributed by atoms with Gasteiger partial charge in [-0.15, -0.1) is 0 Å². The quantitative estimate of drug-likeness (QED) is 0.315. The van der Waals surface area contributed by atoms with Crippen molar-refractivity contribution in [2.45, 2.75) is 45.2 Å². The highest BCUT2D eigenvalue weighted by Gasteiger charge is 2.33. The normalized spacial score (nSPS) is 17.4. The number of benzene rings is 3. The summed E-state index contributed by atoms with van der Waals surface area (Å²) in [6.07, 6.45) is 3.60. The van der Waals surface area contributed by atoms with E-state index >= 15 is 0 Å². The molecule has 1 fully saturated rings. The summed E-state index contributed by atoms with van der Waals surface area (Å²) in [5, 5.41) is 1.22. The number of aromatic nitrogens is 1. The molecule has 3 heterocycles. The summed E-state index contributed by atoms with van der Waals surface area (Å²) in [5.41, 5.74) is 8.44. The third-order valence-electron chi connectivity index (χ3n) is 7.61. The van der Waals surface area contributed by atoms with E-state index in [1.54, 1.807) is 0 Å². The SMILES string of the molecule is Cc1ccc2[nH]c(-c3ccc(Br)cc3)c(CCC(=O)N3Cc4ccccc4N4CCC[C@H]4C3)c2c1. The lowest BCUT2D eigenvalue weighted by Gasteiger charge is -2.27. The summed E-state index contributed by atoms with van der Waals surface area (Å²) in [6, 6.07) is 24.0. The summed E-state index contributed by atoms with van der Waals surface area (Å²) in [5.74, 6) is 0.248. The molecule has 1 atom stereocenters. The van der Waals surface area contributed by atoms with Gasteiger partial charge in [0.1, 0.15) is 0 Å². The first-order chi connectivity index (χ1) is 17.1. The number of nitrogens with one attached hydrogen (secondary N) is 1. The molecule has 0 radical (unpaired) electrons. The average molecular weight is 528 g/mol. The van der Waals surface area contributed by atoms with Crippen molar-refractivity contribution in [1.29, 1.82) is 0 Å². The third kappa shape index (κ3) is 4.27. The average Bonchev–Trinajstić information content (AvgIpc) is 3.43. The van der Waals surface area contributed by atoms with Crippen LogP contribution in [0.25, 0.3) is 22.2 Å². The van der Waals surface area contributed by atoms with Gasteiger partial charge in [-0.3, -0.25) is 4.79 Å². The maximum absolute atomic E-state index is 13.6. The number of para-hydroxylation sites is 1. The van der Waals surface area contributed by atoms with Crippen molar-refractivity contribution >= 4 is 38.4 Å². The van der Waals surface area contributed by atoms with Crippen LogP contribution in [0.2, 0.25) is 0 Å². The molecule has 4 aromatic rings. The zero-order chi connectivity index (χ0) is 23.9. The van der Waals surface area contributed by atoms with Crippen LogP contribution in [-0.2, 0) is 17.8 Å². The van der Waals surface area contributed by atoms with Crippen molar-refractivity contribution in [3.63, 3.8) is 0 Å². The number of rotatable bonds is 4. The van der Waals surface area contributed by atoms with E-state index < -0.39 is 0 Å². The van der Waals surface area contributed by atoms with Crippen LogP contribution in [0.3, 0.4) is 0 Å². The molecule has 0 unspecified atom stereocenters. The minimum atomic E-state index is 0.248. The predicted octanol–water partition coefficient (Wildman–Crippen LogP) is 6.85. The van der Waals surface area contributed by atoms with Crippen LogP contribution >= 0.6 is 15.9 Å². The Morgan fingerprint density at radius 2 is 1.91 bits per heavy atom. The number of aryl methyl sites for hydroxylation is 2. The van der Waals surface area contributed by atoms with Gasteiger partial charge in [0.2, 0.25) is 5.91 Å². The standard InChI is InChI=1S/C30H30BrN3O/c1-20-8-14-27-26(17-20)25(30(32-27)21-9-11-23(31)12-10-21)13-15-29(35)33-18-22-5-2-3-7-28(22)34-16-4-6-24(34)19-33/h2-3,5,7-12,14,17,24,32H,4,6,13,15-16,18-19H2,1H3/t24-/m0/s1. The Hall–Kier alpha value is -3.05. The van der Waals surface area contributed by atoms with E-state index in [-0.39, 0.29) is 5.91 Å². The van der Waals surface area contributed by atoms with Crippen LogP contribution in [0.4, 0.5) is 5.69 Å². The monoisotopic (exact) mass is 527 g/mol. The highest BCUT2D eigenvalue weighted by atomic mass is 79.9. The van der Waals surface area contributed by atoms with E-state index in [4.69, 9.17) is 0 Å². The minimum absolute atomic E-state index is 0.248. The summed E-state index contributed by atoms with van der Waals surface area (Å²) >= 11 is 3.55. The van der Waals surface area contributed by atoms with Gasteiger partial charge in [-0.05, 0) is 73.2 Å². The zero-order valence-corrected chi connectivity index (χ0v) is 21.6. The molecule has 1 aromatic heterocycles. The van der Waals surface area contributed by atoms with Gasteiger partial charge in [0.15, 0.2) is 0 Å². The highest BCUT2D eigenvalue weighted by molar-refractivity contribution is 9.10. The number of hydrogen-bond acceptors (Lipinski definition) is 2. The van der Waals surface area contributed by atoms with Crippen molar-refractivity contribution < 1.29 is 4.79 Å². The van der Waals surface area contributed by atoms with Gasteiger partial charge < -0.3 is 14.8 Å². The Kier molecular flexibility index (Phi) is 5.89. The maximum atomic E-state index is 13.6. The van der Waals surface area contributed by atoms with E-state index in [1.165, 1.54) is 34.2 Å². The number of H-pyrrole nitrogens is 1. The first-order valence-corrected chi connectivity index (χ1v) is 13.4. The molecule has 4 nitrogen and oxygen atoms in total. The number of nitrogens with zero attached hydrogens (tertiary/aromatic N) is 2. The molecule has 2 aliphatic heterocycles. The fourth-order valence-electron chi connectivity index (χ4n) is 5.86. The number of aromatic amines is 1. The molecule has 3 aromatic carbocycles. The molecule has 5 heteroatoms. The van der Waals surface area contributed by atoms with Crippen LogP contribution < -0.4 is 4.90 Å². The van der Waals surface area contributed by atoms with E-state index in [2.05, 4.69) is 104 Å². The van der Waals surface area contributed by atoms with Crippen molar-refractivity contribution in [2.75, 3.05) is 18.0 Å². The lowest BCUT2D eigenvalue weighted by molar-refractivity contribution is -0.131. The summed E-state index contributed by atoms with van der Waals surface area (Å²) in [6.45, 7) is 4.74. The Labute approximate surface area is 215 Å². The molecule has 1 N–H and O–H groups in total. The molecule has 0 spiro atoms. The third-order valence-corrected chi connectivity index (χ3v) is 8.14. The van der Waals surface area contributed by atoms with Gasteiger partial charge in [0.05, 0.1) is 0 Å². The molecule has 2 aliphatic rings. The highest BCUT2D eigenvalue weighted by Crippen LogP contribution is 2.35. The van der Waals surface area contributed by atoms with Crippen LogP contribution in [0, 0.1) is 6.92 Å². The molecular formula is C30H30BrN3O. The van der Waals surface area contributed by atoms with Gasteiger partial charge in [-0.1, -0.05) is 57.9 Å². The van der Waals surface area contributed by atoms with Crippen molar-refractivity contribution in [1.82, 2.24) is 9.88 Å². The van der Waals surface area contributed by atoms with E-state index in [1.807, 2.05) is 0 Å². The lowest BCUT2D eigenvalue weighted by atomic mass is 10.00. The van der Waals surface area contributed by atoms with E-state index in [9.17, 15) is 4.79 Å². The predicted molar refractivity (Wildman–Crippen MR) is 147 cm³/mol. The van der Waals surface area contributed by atoms with Crippen LogP contribution in [0.15, 0.2) is 71.2 Å².